The molecule has 0 spiro atoms. The van der Waals surface area contributed by atoms with Crippen LogP contribution in [0.15, 0.2) is 23.5 Å². The number of allylic oxidation sites excluding steroid dienone is 1. The van der Waals surface area contributed by atoms with Crippen molar-refractivity contribution in [2.45, 2.75) is 72.3 Å². The van der Waals surface area contributed by atoms with Gasteiger partial charge in [-0.15, -0.1) is 0 Å². The molecule has 0 amide bonds. The van der Waals surface area contributed by atoms with Gasteiger partial charge >= 0.3 is 11.9 Å². The Morgan fingerprint density at radius 3 is 2.28 bits per heavy atom. The highest BCUT2D eigenvalue weighted by molar-refractivity contribution is 5.90. The van der Waals surface area contributed by atoms with Crippen LogP contribution < -0.4 is 5.32 Å². The fourth-order valence-corrected chi connectivity index (χ4v) is 2.69. The van der Waals surface area contributed by atoms with Crippen LogP contribution in [0.5, 0.6) is 0 Å². The highest BCUT2D eigenvalue weighted by atomic mass is 16.5. The van der Waals surface area contributed by atoms with Crippen molar-refractivity contribution in [3.8, 4) is 0 Å². The summed E-state index contributed by atoms with van der Waals surface area (Å²) in [6, 6.07) is 0. The van der Waals surface area contributed by atoms with Gasteiger partial charge in [0, 0.05) is 17.7 Å². The lowest BCUT2D eigenvalue weighted by Crippen LogP contribution is -2.38. The molecule has 0 atom stereocenters. The fraction of sp³-hybridized carbons (Fsp3) is 0.700. The van der Waals surface area contributed by atoms with Crippen molar-refractivity contribution in [2.24, 2.45) is 5.92 Å². The summed E-state index contributed by atoms with van der Waals surface area (Å²) in [6.45, 7) is 10.3. The van der Waals surface area contributed by atoms with Gasteiger partial charge in [-0.2, -0.15) is 0 Å². The van der Waals surface area contributed by atoms with Crippen molar-refractivity contribution in [3.05, 3.63) is 23.5 Å². The number of rotatable bonds is 7. The number of nitrogens with one attached hydrogen (secondary N) is 1. The maximum Gasteiger partial charge on any atom is 0.338 e. The molecule has 142 valence electrons. The van der Waals surface area contributed by atoms with E-state index in [4.69, 9.17) is 9.47 Å². The highest BCUT2D eigenvalue weighted by Crippen LogP contribution is 2.25. The Labute approximate surface area is 151 Å². The first-order valence-corrected chi connectivity index (χ1v) is 9.17. The van der Waals surface area contributed by atoms with Gasteiger partial charge in [0.1, 0.15) is 12.9 Å². The summed E-state index contributed by atoms with van der Waals surface area (Å²) >= 11 is 0. The lowest BCUT2D eigenvalue weighted by atomic mass is 9.88. The second-order valence-electron chi connectivity index (χ2n) is 7.77. The Balaban J connectivity index is 2.38. The summed E-state index contributed by atoms with van der Waals surface area (Å²) in [5.74, 6) is -0.420. The van der Waals surface area contributed by atoms with E-state index < -0.39 is 11.9 Å². The van der Waals surface area contributed by atoms with Crippen LogP contribution in [0.4, 0.5) is 0 Å². The predicted octanol–water partition coefficient (Wildman–Crippen LogP) is 3.89. The van der Waals surface area contributed by atoms with E-state index >= 15 is 0 Å². The van der Waals surface area contributed by atoms with Crippen molar-refractivity contribution in [1.29, 1.82) is 0 Å². The standard InChI is InChI=1S/C20H33NO4/c1-15(13-17-9-7-6-8-10-17)18(22)25-14-16(2)19(23)24-12-11-21-20(3,4)5/h13-14,17,21H,6-12H2,1-5H3/b15-13+,16-14+. The summed E-state index contributed by atoms with van der Waals surface area (Å²) in [7, 11) is 0. The van der Waals surface area contributed by atoms with E-state index in [2.05, 4.69) is 5.32 Å². The minimum atomic E-state index is -0.475. The van der Waals surface area contributed by atoms with Crippen LogP contribution in [0.25, 0.3) is 0 Å². The van der Waals surface area contributed by atoms with Crippen LogP contribution in [-0.4, -0.2) is 30.6 Å². The highest BCUT2D eigenvalue weighted by Gasteiger charge is 2.15. The van der Waals surface area contributed by atoms with E-state index in [1.165, 1.54) is 25.5 Å². The van der Waals surface area contributed by atoms with Gasteiger partial charge in [-0.1, -0.05) is 25.3 Å². The molecule has 5 heteroatoms. The number of ether oxygens (including phenoxy) is 2. The van der Waals surface area contributed by atoms with Crippen molar-refractivity contribution in [1.82, 2.24) is 5.32 Å². The molecule has 0 aromatic heterocycles. The van der Waals surface area contributed by atoms with Crippen LogP contribution in [0.1, 0.15) is 66.7 Å². The third-order valence-electron chi connectivity index (χ3n) is 4.11. The molecule has 0 bridgehead atoms. The van der Waals surface area contributed by atoms with E-state index in [0.29, 0.717) is 18.0 Å². The molecule has 1 aliphatic carbocycles. The topological polar surface area (TPSA) is 64.6 Å². The molecule has 1 fully saturated rings. The van der Waals surface area contributed by atoms with E-state index in [1.807, 2.05) is 26.8 Å². The molecule has 1 N–H and O–H groups in total. The number of carbonyl (C=O) groups excluding carboxylic acids is 2. The largest absolute Gasteiger partial charge is 0.461 e. The van der Waals surface area contributed by atoms with Gasteiger partial charge in [-0.25, -0.2) is 9.59 Å². The predicted molar refractivity (Wildman–Crippen MR) is 98.9 cm³/mol. The number of hydrogen-bond donors (Lipinski definition) is 1. The molecule has 0 saturated heterocycles. The van der Waals surface area contributed by atoms with Gasteiger partial charge in [-0.05, 0) is 53.4 Å². The molecule has 0 heterocycles. The van der Waals surface area contributed by atoms with Gasteiger partial charge in [0.15, 0.2) is 0 Å². The number of esters is 2. The van der Waals surface area contributed by atoms with Crippen LogP contribution in [0.3, 0.4) is 0 Å². The second-order valence-corrected chi connectivity index (χ2v) is 7.77. The minimum absolute atomic E-state index is 0.0188. The van der Waals surface area contributed by atoms with E-state index in [0.717, 1.165) is 12.8 Å². The third kappa shape index (κ3) is 9.44. The normalized spacial score (nSPS) is 17.3. The zero-order valence-electron chi connectivity index (χ0n) is 16.3. The van der Waals surface area contributed by atoms with Crippen LogP contribution in [-0.2, 0) is 19.1 Å². The maximum absolute atomic E-state index is 12.0. The maximum atomic E-state index is 12.0. The molecular weight excluding hydrogens is 318 g/mol. The summed E-state index contributed by atoms with van der Waals surface area (Å²) in [4.78, 5) is 23.9. The Morgan fingerprint density at radius 2 is 1.68 bits per heavy atom. The second kappa shape index (κ2) is 10.4. The van der Waals surface area contributed by atoms with Crippen molar-refractivity contribution < 1.29 is 19.1 Å². The summed E-state index contributed by atoms with van der Waals surface area (Å²) in [6.07, 6.45) is 9.17. The van der Waals surface area contributed by atoms with Crippen molar-refractivity contribution in [3.63, 3.8) is 0 Å². The quantitative estimate of drug-likeness (QED) is 0.326. The van der Waals surface area contributed by atoms with Crippen LogP contribution in [0.2, 0.25) is 0 Å². The van der Waals surface area contributed by atoms with Gasteiger partial charge < -0.3 is 14.8 Å². The zero-order chi connectivity index (χ0) is 18.9. The monoisotopic (exact) mass is 351 g/mol. The first-order valence-electron chi connectivity index (χ1n) is 9.17. The molecule has 1 aliphatic rings. The molecule has 5 nitrogen and oxygen atoms in total. The fourth-order valence-electron chi connectivity index (χ4n) is 2.69. The van der Waals surface area contributed by atoms with Crippen molar-refractivity contribution >= 4 is 11.9 Å². The molecular formula is C20H33NO4. The number of carbonyl (C=O) groups is 2. The molecule has 0 unspecified atom stereocenters. The van der Waals surface area contributed by atoms with Crippen molar-refractivity contribution in [2.75, 3.05) is 13.2 Å². The van der Waals surface area contributed by atoms with Crippen LogP contribution >= 0.6 is 0 Å². The summed E-state index contributed by atoms with van der Waals surface area (Å²) in [5, 5.41) is 3.23. The molecule has 0 radical (unpaired) electrons. The third-order valence-corrected chi connectivity index (χ3v) is 4.11. The molecule has 0 aromatic carbocycles. The molecule has 1 rings (SSSR count). The molecule has 1 saturated carbocycles. The van der Waals surface area contributed by atoms with E-state index in [9.17, 15) is 9.59 Å². The van der Waals surface area contributed by atoms with E-state index in [1.54, 1.807) is 13.8 Å². The SMILES string of the molecule is C/C(=C\C1CCCCC1)C(=O)O/C=C(\C)C(=O)OCCNC(C)(C)C. The minimum Gasteiger partial charge on any atom is -0.461 e. The van der Waals surface area contributed by atoms with Gasteiger partial charge in [0.05, 0.1) is 5.57 Å². The molecule has 0 aliphatic heterocycles. The van der Waals surface area contributed by atoms with Gasteiger partial charge in [0.2, 0.25) is 0 Å². The lowest BCUT2D eigenvalue weighted by molar-refractivity contribution is -0.139. The summed E-state index contributed by atoms with van der Waals surface area (Å²) in [5.41, 5.74) is 0.850. The zero-order valence-corrected chi connectivity index (χ0v) is 16.3. The Hall–Kier alpha value is -1.62. The smallest absolute Gasteiger partial charge is 0.338 e. The van der Waals surface area contributed by atoms with Crippen LogP contribution in [0, 0.1) is 5.92 Å². The lowest BCUT2D eigenvalue weighted by Gasteiger charge is -2.20. The average Bonchev–Trinajstić information content (AvgIpc) is 2.56. The van der Waals surface area contributed by atoms with Gasteiger partial charge in [-0.3, -0.25) is 0 Å². The first kappa shape index (κ1) is 21.4. The van der Waals surface area contributed by atoms with E-state index in [-0.39, 0.29) is 17.7 Å². The Morgan fingerprint density at radius 1 is 1.04 bits per heavy atom. The Kier molecular flexibility index (Phi) is 8.90. The molecule has 25 heavy (non-hydrogen) atoms. The Bertz CT molecular complexity index is 508. The van der Waals surface area contributed by atoms with Gasteiger partial charge in [0.25, 0.3) is 0 Å². The first-order chi connectivity index (χ1) is 11.7. The average molecular weight is 351 g/mol. The summed E-state index contributed by atoms with van der Waals surface area (Å²) < 4.78 is 10.2. The number of hydrogen-bond acceptors (Lipinski definition) is 5. The molecule has 0 aromatic rings.